The van der Waals surface area contributed by atoms with Crippen LogP contribution in [0.3, 0.4) is 0 Å². The highest BCUT2D eigenvalue weighted by Crippen LogP contribution is 2.22. The number of rotatable bonds is 4. The Morgan fingerprint density at radius 1 is 1.29 bits per heavy atom. The van der Waals surface area contributed by atoms with E-state index in [0.29, 0.717) is 16.1 Å². The Bertz CT molecular complexity index is 799. The highest BCUT2D eigenvalue weighted by molar-refractivity contribution is 7.90. The van der Waals surface area contributed by atoms with Gasteiger partial charge in [-0.2, -0.15) is 5.26 Å². The second-order valence-electron chi connectivity index (χ2n) is 4.42. The molecule has 0 aliphatic rings. The molecule has 1 amide bonds. The van der Waals surface area contributed by atoms with E-state index in [1.54, 1.807) is 23.6 Å². The molecule has 0 aliphatic carbocycles. The molecule has 21 heavy (non-hydrogen) atoms. The van der Waals surface area contributed by atoms with E-state index >= 15 is 0 Å². The molecule has 108 valence electrons. The summed E-state index contributed by atoms with van der Waals surface area (Å²) in [6, 6.07) is 9.80. The van der Waals surface area contributed by atoms with Gasteiger partial charge in [0, 0.05) is 6.26 Å². The van der Waals surface area contributed by atoms with Gasteiger partial charge >= 0.3 is 0 Å². The zero-order valence-corrected chi connectivity index (χ0v) is 12.8. The van der Waals surface area contributed by atoms with Gasteiger partial charge in [0.15, 0.2) is 9.84 Å². The smallest absolute Gasteiger partial charge is 0.229 e. The lowest BCUT2D eigenvalue weighted by molar-refractivity contribution is -0.115. The number of amides is 1. The SMILES string of the molecule is CS(=O)(=O)c1ccc(CC(=O)Nc2sccc2C#N)cc1. The number of hydrogen-bond donors (Lipinski definition) is 1. The summed E-state index contributed by atoms with van der Waals surface area (Å²) >= 11 is 1.29. The second kappa shape index (κ2) is 6.08. The first-order chi connectivity index (χ1) is 9.90. The minimum absolute atomic E-state index is 0.118. The number of nitrogens with zero attached hydrogens (tertiary/aromatic N) is 1. The van der Waals surface area contributed by atoms with Gasteiger partial charge in [0.25, 0.3) is 0 Å². The van der Waals surface area contributed by atoms with Crippen molar-refractivity contribution in [3.05, 3.63) is 46.8 Å². The topological polar surface area (TPSA) is 87.0 Å². The third kappa shape index (κ3) is 3.90. The van der Waals surface area contributed by atoms with Crippen LogP contribution in [0.1, 0.15) is 11.1 Å². The number of hydrogen-bond acceptors (Lipinski definition) is 5. The first kappa shape index (κ1) is 15.2. The minimum Gasteiger partial charge on any atom is -0.316 e. The van der Waals surface area contributed by atoms with E-state index in [9.17, 15) is 13.2 Å². The molecular weight excluding hydrogens is 308 g/mol. The first-order valence-corrected chi connectivity index (χ1v) is 8.73. The number of sulfone groups is 1. The van der Waals surface area contributed by atoms with Gasteiger partial charge in [-0.1, -0.05) is 12.1 Å². The number of nitriles is 1. The highest BCUT2D eigenvalue weighted by atomic mass is 32.2. The van der Waals surface area contributed by atoms with Crippen molar-refractivity contribution in [1.29, 1.82) is 5.26 Å². The van der Waals surface area contributed by atoms with Crippen LogP contribution >= 0.6 is 11.3 Å². The van der Waals surface area contributed by atoms with E-state index in [2.05, 4.69) is 5.32 Å². The zero-order valence-electron chi connectivity index (χ0n) is 11.2. The lowest BCUT2D eigenvalue weighted by Gasteiger charge is -2.04. The van der Waals surface area contributed by atoms with Crippen molar-refractivity contribution in [1.82, 2.24) is 0 Å². The van der Waals surface area contributed by atoms with Crippen molar-refractivity contribution in [3.8, 4) is 6.07 Å². The van der Waals surface area contributed by atoms with Gasteiger partial charge in [0.05, 0.1) is 16.9 Å². The molecule has 1 aromatic heterocycles. The van der Waals surface area contributed by atoms with Crippen molar-refractivity contribution in [2.24, 2.45) is 0 Å². The quantitative estimate of drug-likeness (QED) is 0.935. The van der Waals surface area contributed by atoms with Crippen molar-refractivity contribution in [2.45, 2.75) is 11.3 Å². The number of thiophene rings is 1. The van der Waals surface area contributed by atoms with Gasteiger partial charge in [-0.25, -0.2) is 8.42 Å². The number of benzene rings is 1. The highest BCUT2D eigenvalue weighted by Gasteiger charge is 2.10. The van der Waals surface area contributed by atoms with Crippen LogP contribution in [-0.4, -0.2) is 20.6 Å². The average Bonchev–Trinajstić information content (AvgIpc) is 2.85. The van der Waals surface area contributed by atoms with Crippen molar-refractivity contribution < 1.29 is 13.2 Å². The Morgan fingerprint density at radius 3 is 2.52 bits per heavy atom. The lowest BCUT2D eigenvalue weighted by Crippen LogP contribution is -2.14. The standard InChI is InChI=1S/C14H12N2O3S2/c1-21(18,19)12-4-2-10(3-5-12)8-13(17)16-14-11(9-15)6-7-20-14/h2-7H,8H2,1H3,(H,16,17). The number of carbonyl (C=O) groups is 1. The van der Waals surface area contributed by atoms with Gasteiger partial charge in [-0.05, 0) is 29.1 Å². The summed E-state index contributed by atoms with van der Waals surface area (Å²) in [5, 5.41) is 13.8. The molecule has 0 aliphatic heterocycles. The molecule has 2 rings (SSSR count). The molecule has 1 heterocycles. The Morgan fingerprint density at radius 2 is 1.95 bits per heavy atom. The maximum Gasteiger partial charge on any atom is 0.229 e. The molecule has 0 radical (unpaired) electrons. The molecule has 0 saturated heterocycles. The van der Waals surface area contributed by atoms with Crippen LogP contribution in [0, 0.1) is 11.3 Å². The van der Waals surface area contributed by atoms with Gasteiger partial charge in [0.1, 0.15) is 11.1 Å². The van der Waals surface area contributed by atoms with Crippen molar-refractivity contribution in [3.63, 3.8) is 0 Å². The van der Waals surface area contributed by atoms with E-state index in [1.807, 2.05) is 6.07 Å². The van der Waals surface area contributed by atoms with E-state index in [0.717, 1.165) is 6.26 Å². The fourth-order valence-corrected chi connectivity index (χ4v) is 3.09. The molecule has 0 bridgehead atoms. The lowest BCUT2D eigenvalue weighted by atomic mass is 10.1. The second-order valence-corrected chi connectivity index (χ2v) is 7.35. The Labute approximate surface area is 126 Å². The van der Waals surface area contributed by atoms with Crippen LogP contribution in [0.2, 0.25) is 0 Å². The summed E-state index contributed by atoms with van der Waals surface area (Å²) in [5.41, 5.74) is 1.13. The Kier molecular flexibility index (Phi) is 4.40. The molecular formula is C14H12N2O3S2. The van der Waals surface area contributed by atoms with Crippen LogP contribution in [0.4, 0.5) is 5.00 Å². The number of nitrogens with one attached hydrogen (secondary N) is 1. The molecule has 1 N–H and O–H groups in total. The molecule has 0 fully saturated rings. The summed E-state index contributed by atoms with van der Waals surface area (Å²) < 4.78 is 22.7. The van der Waals surface area contributed by atoms with Gasteiger partial charge in [0.2, 0.25) is 5.91 Å². The summed E-state index contributed by atoms with van der Waals surface area (Å²) in [6.45, 7) is 0. The molecule has 5 nitrogen and oxygen atoms in total. The molecule has 7 heteroatoms. The predicted molar refractivity (Wildman–Crippen MR) is 80.9 cm³/mol. The average molecular weight is 320 g/mol. The van der Waals surface area contributed by atoms with E-state index < -0.39 is 9.84 Å². The fraction of sp³-hybridized carbons (Fsp3) is 0.143. The van der Waals surface area contributed by atoms with Gasteiger partial charge in [-0.15, -0.1) is 11.3 Å². The fourth-order valence-electron chi connectivity index (χ4n) is 1.70. The third-order valence-corrected chi connectivity index (χ3v) is 4.71. The van der Waals surface area contributed by atoms with Crippen molar-refractivity contribution in [2.75, 3.05) is 11.6 Å². The first-order valence-electron chi connectivity index (χ1n) is 5.96. The van der Waals surface area contributed by atoms with E-state index in [1.165, 1.54) is 23.5 Å². The molecule has 0 saturated carbocycles. The molecule has 0 spiro atoms. The van der Waals surface area contributed by atoms with Crippen LogP contribution < -0.4 is 5.32 Å². The van der Waals surface area contributed by atoms with Crippen LogP contribution in [0.5, 0.6) is 0 Å². The Hall–Kier alpha value is -2.17. The van der Waals surface area contributed by atoms with Crippen molar-refractivity contribution >= 4 is 32.1 Å². The maximum atomic E-state index is 11.9. The number of anilines is 1. The normalized spacial score (nSPS) is 10.9. The predicted octanol–water partition coefficient (Wildman–Crippen LogP) is 2.20. The van der Waals surface area contributed by atoms with Gasteiger partial charge in [-0.3, -0.25) is 4.79 Å². The molecule has 0 unspecified atom stereocenters. The van der Waals surface area contributed by atoms with Crippen LogP contribution in [-0.2, 0) is 21.1 Å². The molecule has 2 aromatic rings. The van der Waals surface area contributed by atoms with E-state index in [4.69, 9.17) is 5.26 Å². The monoisotopic (exact) mass is 320 g/mol. The van der Waals surface area contributed by atoms with Crippen LogP contribution in [0.25, 0.3) is 0 Å². The largest absolute Gasteiger partial charge is 0.316 e. The van der Waals surface area contributed by atoms with Gasteiger partial charge < -0.3 is 5.32 Å². The summed E-state index contributed by atoms with van der Waals surface area (Å²) in [7, 11) is -3.23. The van der Waals surface area contributed by atoms with Crippen LogP contribution in [0.15, 0.2) is 40.6 Å². The van der Waals surface area contributed by atoms with E-state index in [-0.39, 0.29) is 17.2 Å². The maximum absolute atomic E-state index is 11.9. The minimum atomic E-state index is -3.23. The summed E-state index contributed by atoms with van der Waals surface area (Å²) in [5.74, 6) is -0.249. The summed E-state index contributed by atoms with van der Waals surface area (Å²) in [6.07, 6.45) is 1.25. The molecule has 0 atom stereocenters. The third-order valence-electron chi connectivity index (χ3n) is 2.75. The number of carbonyl (C=O) groups excluding carboxylic acids is 1. The summed E-state index contributed by atoms with van der Waals surface area (Å²) in [4.78, 5) is 12.1. The molecule has 1 aromatic carbocycles. The zero-order chi connectivity index (χ0) is 15.5. The Balaban J connectivity index is 2.05.